The van der Waals surface area contributed by atoms with Gasteiger partial charge in [-0.25, -0.2) is 9.37 Å². The predicted molar refractivity (Wildman–Crippen MR) is 91.2 cm³/mol. The van der Waals surface area contributed by atoms with Crippen molar-refractivity contribution < 1.29 is 13.9 Å². The fraction of sp³-hybridized carbons (Fsp3) is 0.105. The van der Waals surface area contributed by atoms with Crippen LogP contribution in [0.5, 0.6) is 17.4 Å². The zero-order valence-electron chi connectivity index (χ0n) is 13.0. The monoisotopic (exact) mass is 343 g/mol. The van der Waals surface area contributed by atoms with Gasteiger partial charge in [0.25, 0.3) is 0 Å². The molecule has 3 nitrogen and oxygen atoms in total. The van der Waals surface area contributed by atoms with Gasteiger partial charge in [0, 0.05) is 0 Å². The van der Waals surface area contributed by atoms with Crippen LogP contribution in [0.15, 0.2) is 60.7 Å². The van der Waals surface area contributed by atoms with Crippen molar-refractivity contribution in [2.24, 2.45) is 0 Å². The maximum absolute atomic E-state index is 13.5. The van der Waals surface area contributed by atoms with Gasteiger partial charge in [0.15, 0.2) is 11.5 Å². The molecule has 0 spiro atoms. The number of nitrogens with zero attached hydrogens (tertiary/aromatic N) is 1. The van der Waals surface area contributed by atoms with Crippen LogP contribution in [0.1, 0.15) is 11.3 Å². The minimum atomic E-state index is -0.471. The first-order chi connectivity index (χ1) is 11.6. The van der Waals surface area contributed by atoms with Gasteiger partial charge in [-0.2, -0.15) is 0 Å². The van der Waals surface area contributed by atoms with E-state index in [1.165, 1.54) is 6.07 Å². The average molecular weight is 344 g/mol. The van der Waals surface area contributed by atoms with E-state index in [9.17, 15) is 4.39 Å². The molecule has 0 bridgehead atoms. The summed E-state index contributed by atoms with van der Waals surface area (Å²) in [6.07, 6.45) is 0. The highest BCUT2D eigenvalue weighted by Crippen LogP contribution is 2.34. The number of para-hydroxylation sites is 2. The maximum atomic E-state index is 13.5. The molecule has 0 N–H and O–H groups in total. The standard InChI is InChI=1S/C19H15ClFNO2/c1-13-16(21)11-15(20)19(22-13)24-18-10-6-5-9-17(18)23-12-14-7-3-2-4-8-14/h2-11H,12H2,1H3. The minimum absolute atomic E-state index is 0.107. The summed E-state index contributed by atoms with van der Waals surface area (Å²) < 4.78 is 25.0. The van der Waals surface area contributed by atoms with Gasteiger partial charge in [-0.15, -0.1) is 0 Å². The van der Waals surface area contributed by atoms with E-state index in [2.05, 4.69) is 4.98 Å². The van der Waals surface area contributed by atoms with Crippen LogP contribution in [-0.2, 0) is 6.61 Å². The molecule has 0 atom stereocenters. The lowest BCUT2D eigenvalue weighted by atomic mass is 10.2. The summed E-state index contributed by atoms with van der Waals surface area (Å²) >= 11 is 6.01. The fourth-order valence-corrected chi connectivity index (χ4v) is 2.28. The lowest BCUT2D eigenvalue weighted by Gasteiger charge is -2.13. The van der Waals surface area contributed by atoms with Gasteiger partial charge in [0.2, 0.25) is 5.88 Å². The number of pyridine rings is 1. The van der Waals surface area contributed by atoms with Crippen molar-refractivity contribution in [2.75, 3.05) is 0 Å². The molecule has 0 saturated carbocycles. The molecule has 0 aliphatic carbocycles. The number of ether oxygens (including phenoxy) is 2. The van der Waals surface area contributed by atoms with Crippen molar-refractivity contribution >= 4 is 11.6 Å². The van der Waals surface area contributed by atoms with Crippen LogP contribution in [0, 0.1) is 12.7 Å². The smallest absolute Gasteiger partial charge is 0.238 e. The van der Waals surface area contributed by atoms with Gasteiger partial charge in [0.1, 0.15) is 17.4 Å². The molecular weight excluding hydrogens is 329 g/mol. The number of aromatic nitrogens is 1. The molecule has 0 fully saturated rings. The molecule has 0 amide bonds. The molecular formula is C19H15ClFNO2. The van der Waals surface area contributed by atoms with Crippen molar-refractivity contribution in [3.63, 3.8) is 0 Å². The number of hydrogen-bond acceptors (Lipinski definition) is 3. The van der Waals surface area contributed by atoms with Crippen molar-refractivity contribution in [2.45, 2.75) is 13.5 Å². The third-order valence-corrected chi connectivity index (χ3v) is 3.64. The van der Waals surface area contributed by atoms with E-state index >= 15 is 0 Å². The summed E-state index contributed by atoms with van der Waals surface area (Å²) in [4.78, 5) is 4.04. The van der Waals surface area contributed by atoms with Crippen molar-refractivity contribution in [3.05, 3.63) is 82.8 Å². The summed E-state index contributed by atoms with van der Waals surface area (Å²) in [6.45, 7) is 1.96. The second-order valence-electron chi connectivity index (χ2n) is 5.17. The number of aryl methyl sites for hydroxylation is 1. The first kappa shape index (κ1) is 16.3. The Morgan fingerprint density at radius 3 is 2.42 bits per heavy atom. The van der Waals surface area contributed by atoms with Crippen LogP contribution in [-0.4, -0.2) is 4.98 Å². The second-order valence-corrected chi connectivity index (χ2v) is 5.57. The quantitative estimate of drug-likeness (QED) is 0.608. The fourth-order valence-electron chi connectivity index (χ4n) is 2.10. The molecule has 0 saturated heterocycles. The highest BCUT2D eigenvalue weighted by Gasteiger charge is 2.12. The molecule has 5 heteroatoms. The largest absolute Gasteiger partial charge is 0.485 e. The third-order valence-electron chi connectivity index (χ3n) is 3.37. The van der Waals surface area contributed by atoms with E-state index in [0.717, 1.165) is 5.56 Å². The van der Waals surface area contributed by atoms with Gasteiger partial charge >= 0.3 is 0 Å². The molecule has 0 aliphatic heterocycles. The van der Waals surface area contributed by atoms with Crippen LogP contribution in [0.4, 0.5) is 4.39 Å². The van der Waals surface area contributed by atoms with E-state index in [4.69, 9.17) is 21.1 Å². The predicted octanol–water partition coefficient (Wildman–Crippen LogP) is 5.55. The summed E-state index contributed by atoms with van der Waals surface area (Å²) in [5.74, 6) is 0.697. The van der Waals surface area contributed by atoms with Gasteiger partial charge in [0.05, 0.1) is 5.69 Å². The van der Waals surface area contributed by atoms with Gasteiger partial charge in [-0.3, -0.25) is 0 Å². The zero-order valence-corrected chi connectivity index (χ0v) is 13.8. The van der Waals surface area contributed by atoms with E-state index in [0.29, 0.717) is 18.1 Å². The Kier molecular flexibility index (Phi) is 4.96. The van der Waals surface area contributed by atoms with Crippen molar-refractivity contribution in [3.8, 4) is 17.4 Å². The van der Waals surface area contributed by atoms with Crippen molar-refractivity contribution in [1.29, 1.82) is 0 Å². The third kappa shape index (κ3) is 3.84. The SMILES string of the molecule is Cc1nc(Oc2ccccc2OCc2ccccc2)c(Cl)cc1F. The normalized spacial score (nSPS) is 10.5. The van der Waals surface area contributed by atoms with Gasteiger partial charge in [-0.1, -0.05) is 54.1 Å². The second kappa shape index (κ2) is 7.32. The van der Waals surface area contributed by atoms with E-state index in [1.807, 2.05) is 42.5 Å². The van der Waals surface area contributed by atoms with Gasteiger partial charge in [-0.05, 0) is 30.7 Å². The maximum Gasteiger partial charge on any atom is 0.238 e. The molecule has 24 heavy (non-hydrogen) atoms. The van der Waals surface area contributed by atoms with Crippen LogP contribution >= 0.6 is 11.6 Å². The highest BCUT2D eigenvalue weighted by atomic mass is 35.5. The van der Waals surface area contributed by atoms with Crippen LogP contribution in [0.25, 0.3) is 0 Å². The summed E-state index contributed by atoms with van der Waals surface area (Å²) in [5.41, 5.74) is 1.26. The Morgan fingerprint density at radius 1 is 1.00 bits per heavy atom. The summed E-state index contributed by atoms with van der Waals surface area (Å²) in [6, 6.07) is 18.2. The topological polar surface area (TPSA) is 31.4 Å². The summed E-state index contributed by atoms with van der Waals surface area (Å²) in [7, 11) is 0. The number of halogens is 2. The molecule has 3 rings (SSSR count). The molecule has 0 aliphatic rings. The highest BCUT2D eigenvalue weighted by molar-refractivity contribution is 6.31. The Balaban J connectivity index is 1.81. The number of hydrogen-bond donors (Lipinski definition) is 0. The first-order valence-electron chi connectivity index (χ1n) is 7.40. The lowest BCUT2D eigenvalue weighted by Crippen LogP contribution is -1.99. The lowest BCUT2D eigenvalue weighted by molar-refractivity contribution is 0.290. The van der Waals surface area contributed by atoms with Gasteiger partial charge < -0.3 is 9.47 Å². The molecule has 1 heterocycles. The Hall–Kier alpha value is -2.59. The molecule has 2 aromatic carbocycles. The first-order valence-corrected chi connectivity index (χ1v) is 7.77. The van der Waals surface area contributed by atoms with E-state index < -0.39 is 5.82 Å². The molecule has 0 unspecified atom stereocenters. The Morgan fingerprint density at radius 2 is 1.67 bits per heavy atom. The van der Waals surface area contributed by atoms with Crippen LogP contribution < -0.4 is 9.47 Å². The molecule has 122 valence electrons. The molecule has 1 aromatic heterocycles. The Labute approximate surface area is 144 Å². The van der Waals surface area contributed by atoms with E-state index in [-0.39, 0.29) is 16.6 Å². The number of rotatable bonds is 5. The van der Waals surface area contributed by atoms with E-state index in [1.54, 1.807) is 19.1 Å². The molecule has 3 aromatic rings. The summed E-state index contributed by atoms with van der Waals surface area (Å²) in [5, 5.41) is 0.107. The zero-order chi connectivity index (χ0) is 16.9. The Bertz CT molecular complexity index is 840. The molecule has 0 radical (unpaired) electrons. The average Bonchev–Trinajstić information content (AvgIpc) is 2.60. The van der Waals surface area contributed by atoms with Crippen LogP contribution in [0.2, 0.25) is 5.02 Å². The minimum Gasteiger partial charge on any atom is -0.485 e. The van der Waals surface area contributed by atoms with Crippen molar-refractivity contribution in [1.82, 2.24) is 4.98 Å². The van der Waals surface area contributed by atoms with Crippen LogP contribution in [0.3, 0.4) is 0 Å². The number of benzene rings is 2.